The highest BCUT2D eigenvalue weighted by Crippen LogP contribution is 2.24. The molecule has 0 radical (unpaired) electrons. The lowest BCUT2D eigenvalue weighted by molar-refractivity contribution is -0.146. The first-order valence-electron chi connectivity index (χ1n) is 3.33. The molecule has 1 unspecified atom stereocenters. The molecule has 1 rings (SSSR count). The van der Waals surface area contributed by atoms with E-state index in [1.54, 1.807) is 6.92 Å². The van der Waals surface area contributed by atoms with Gasteiger partial charge in [0.05, 0.1) is 13.2 Å². The van der Waals surface area contributed by atoms with Gasteiger partial charge in [0.1, 0.15) is 0 Å². The van der Waals surface area contributed by atoms with Crippen LogP contribution in [0.5, 0.6) is 0 Å². The summed E-state index contributed by atoms with van der Waals surface area (Å²) in [6.07, 6.45) is 0. The molecular formula is C7H11NO2. The molecule has 0 spiro atoms. The second-order valence-corrected chi connectivity index (χ2v) is 2.52. The van der Waals surface area contributed by atoms with Crippen molar-refractivity contribution in [3.8, 4) is 0 Å². The van der Waals surface area contributed by atoms with Gasteiger partial charge in [-0.2, -0.15) is 0 Å². The molecule has 1 fully saturated rings. The van der Waals surface area contributed by atoms with Crippen molar-refractivity contribution in [2.45, 2.75) is 25.7 Å². The van der Waals surface area contributed by atoms with Crippen molar-refractivity contribution < 1.29 is 9.47 Å². The summed E-state index contributed by atoms with van der Waals surface area (Å²) >= 11 is 0. The number of nitrogens with zero attached hydrogens (tertiary/aromatic N) is 1. The van der Waals surface area contributed by atoms with Crippen molar-refractivity contribution >= 4 is 0 Å². The zero-order valence-electron chi connectivity index (χ0n) is 6.26. The molecular weight excluding hydrogens is 130 g/mol. The van der Waals surface area contributed by atoms with E-state index >= 15 is 0 Å². The summed E-state index contributed by atoms with van der Waals surface area (Å²) in [6, 6.07) is -0.213. The van der Waals surface area contributed by atoms with Crippen LogP contribution in [0.25, 0.3) is 4.85 Å². The third kappa shape index (κ3) is 1.13. The third-order valence-electron chi connectivity index (χ3n) is 1.81. The Balaban J connectivity index is 2.60. The number of hydrogen-bond donors (Lipinski definition) is 0. The average Bonchev–Trinajstić information content (AvgIpc) is 2.36. The van der Waals surface area contributed by atoms with Crippen molar-refractivity contribution in [2.24, 2.45) is 0 Å². The molecule has 0 amide bonds. The van der Waals surface area contributed by atoms with E-state index in [1.165, 1.54) is 0 Å². The van der Waals surface area contributed by atoms with E-state index in [0.717, 1.165) is 0 Å². The molecule has 10 heavy (non-hydrogen) atoms. The Kier molecular flexibility index (Phi) is 1.93. The molecule has 0 aromatic rings. The summed E-state index contributed by atoms with van der Waals surface area (Å²) in [5.41, 5.74) is 0. The Morgan fingerprint density at radius 2 is 2.00 bits per heavy atom. The Morgan fingerprint density at radius 1 is 1.50 bits per heavy atom. The third-order valence-corrected chi connectivity index (χ3v) is 1.81. The molecule has 0 saturated carbocycles. The zero-order valence-corrected chi connectivity index (χ0v) is 6.26. The minimum Gasteiger partial charge on any atom is -0.341 e. The van der Waals surface area contributed by atoms with Crippen LogP contribution in [0, 0.1) is 6.57 Å². The molecule has 0 aromatic carbocycles. The van der Waals surface area contributed by atoms with Crippen LogP contribution < -0.4 is 0 Å². The maximum absolute atomic E-state index is 6.76. The van der Waals surface area contributed by atoms with E-state index in [-0.39, 0.29) is 6.04 Å². The van der Waals surface area contributed by atoms with Crippen molar-refractivity contribution in [1.29, 1.82) is 0 Å². The van der Waals surface area contributed by atoms with Gasteiger partial charge in [-0.05, 0) is 6.92 Å². The fraction of sp³-hybridized carbons (Fsp3) is 0.857. The molecule has 0 N–H and O–H groups in total. The summed E-state index contributed by atoms with van der Waals surface area (Å²) in [4.78, 5) is 3.34. The number of hydrogen-bond acceptors (Lipinski definition) is 2. The van der Waals surface area contributed by atoms with Gasteiger partial charge < -0.3 is 14.3 Å². The standard InChI is InChI=1S/C7H11NO2/c1-6(8-3)7(2)9-4-5-10-7/h6H,4-5H2,1-2H3. The first-order valence-corrected chi connectivity index (χ1v) is 3.33. The normalized spacial score (nSPS) is 25.7. The highest BCUT2D eigenvalue weighted by atomic mass is 16.7. The first-order chi connectivity index (χ1) is 4.69. The summed E-state index contributed by atoms with van der Waals surface area (Å²) < 4.78 is 10.5. The van der Waals surface area contributed by atoms with Crippen LogP contribution in [0.1, 0.15) is 13.8 Å². The minimum absolute atomic E-state index is 0.213. The predicted molar refractivity (Wildman–Crippen MR) is 36.4 cm³/mol. The fourth-order valence-corrected chi connectivity index (χ4v) is 0.889. The van der Waals surface area contributed by atoms with E-state index in [0.29, 0.717) is 13.2 Å². The van der Waals surface area contributed by atoms with Gasteiger partial charge in [-0.3, -0.25) is 0 Å². The Labute approximate surface area is 60.8 Å². The van der Waals surface area contributed by atoms with E-state index < -0.39 is 5.79 Å². The summed E-state index contributed by atoms with van der Waals surface area (Å²) in [5, 5.41) is 0. The minimum atomic E-state index is -0.651. The van der Waals surface area contributed by atoms with Crippen LogP contribution in [0.3, 0.4) is 0 Å². The topological polar surface area (TPSA) is 22.8 Å². The van der Waals surface area contributed by atoms with E-state index in [1.807, 2.05) is 6.92 Å². The van der Waals surface area contributed by atoms with Gasteiger partial charge in [0, 0.05) is 6.92 Å². The maximum Gasteiger partial charge on any atom is 0.273 e. The van der Waals surface area contributed by atoms with Gasteiger partial charge in [-0.1, -0.05) is 0 Å². The second-order valence-electron chi connectivity index (χ2n) is 2.52. The zero-order chi connectivity index (χ0) is 7.61. The van der Waals surface area contributed by atoms with Crippen LogP contribution >= 0.6 is 0 Å². The van der Waals surface area contributed by atoms with Gasteiger partial charge in [0.25, 0.3) is 6.04 Å². The summed E-state index contributed by atoms with van der Waals surface area (Å²) in [5.74, 6) is -0.651. The van der Waals surface area contributed by atoms with E-state index in [2.05, 4.69) is 4.85 Å². The van der Waals surface area contributed by atoms with Gasteiger partial charge >= 0.3 is 0 Å². The Bertz CT molecular complexity index is 155. The van der Waals surface area contributed by atoms with Crippen molar-refractivity contribution in [3.05, 3.63) is 11.4 Å². The van der Waals surface area contributed by atoms with Crippen LogP contribution in [-0.4, -0.2) is 25.0 Å². The van der Waals surface area contributed by atoms with Crippen LogP contribution in [0.4, 0.5) is 0 Å². The Morgan fingerprint density at radius 3 is 2.40 bits per heavy atom. The SMILES string of the molecule is [C-]#[N+]C(C)C1(C)OCCO1. The lowest BCUT2D eigenvalue weighted by Gasteiger charge is -2.20. The summed E-state index contributed by atoms with van der Waals surface area (Å²) in [7, 11) is 0. The molecule has 3 heteroatoms. The van der Waals surface area contributed by atoms with Gasteiger partial charge in [-0.25, -0.2) is 6.57 Å². The second kappa shape index (κ2) is 2.57. The lowest BCUT2D eigenvalue weighted by Crippen LogP contribution is -2.36. The smallest absolute Gasteiger partial charge is 0.273 e. The molecule has 1 aliphatic rings. The van der Waals surface area contributed by atoms with Gasteiger partial charge in [0.2, 0.25) is 5.79 Å². The molecule has 0 bridgehead atoms. The number of rotatable bonds is 1. The molecule has 0 aromatic heterocycles. The van der Waals surface area contributed by atoms with E-state index in [4.69, 9.17) is 16.0 Å². The molecule has 1 atom stereocenters. The van der Waals surface area contributed by atoms with Crippen molar-refractivity contribution in [2.75, 3.05) is 13.2 Å². The molecule has 0 aliphatic carbocycles. The van der Waals surface area contributed by atoms with Crippen LogP contribution in [-0.2, 0) is 9.47 Å². The fourth-order valence-electron chi connectivity index (χ4n) is 0.889. The first kappa shape index (κ1) is 7.52. The molecule has 3 nitrogen and oxygen atoms in total. The number of ether oxygens (including phenoxy) is 2. The van der Waals surface area contributed by atoms with Crippen molar-refractivity contribution in [1.82, 2.24) is 0 Å². The largest absolute Gasteiger partial charge is 0.341 e. The van der Waals surface area contributed by atoms with Crippen LogP contribution in [0.2, 0.25) is 0 Å². The predicted octanol–water partition coefficient (Wildman–Crippen LogP) is 1.06. The summed E-state index contributed by atoms with van der Waals surface area (Å²) in [6.45, 7) is 11.6. The van der Waals surface area contributed by atoms with Crippen LogP contribution in [0.15, 0.2) is 0 Å². The van der Waals surface area contributed by atoms with Crippen molar-refractivity contribution in [3.63, 3.8) is 0 Å². The highest BCUT2D eigenvalue weighted by molar-refractivity contribution is 4.88. The lowest BCUT2D eigenvalue weighted by atomic mass is 10.2. The van der Waals surface area contributed by atoms with E-state index in [9.17, 15) is 0 Å². The quantitative estimate of drug-likeness (QED) is 0.509. The average molecular weight is 141 g/mol. The molecule has 1 saturated heterocycles. The Hall–Kier alpha value is -0.590. The van der Waals surface area contributed by atoms with Gasteiger partial charge in [-0.15, -0.1) is 0 Å². The monoisotopic (exact) mass is 141 g/mol. The maximum atomic E-state index is 6.76. The highest BCUT2D eigenvalue weighted by Gasteiger charge is 2.41. The molecule has 1 heterocycles. The van der Waals surface area contributed by atoms with Gasteiger partial charge in [0.15, 0.2) is 0 Å². The molecule has 56 valence electrons. The molecule has 1 aliphatic heterocycles.